The Morgan fingerprint density at radius 1 is 0.722 bits per heavy atom. The van der Waals surface area contributed by atoms with Gasteiger partial charge in [0, 0.05) is 27.4 Å². The van der Waals surface area contributed by atoms with E-state index in [1.165, 1.54) is 6.21 Å². The Balaban J connectivity index is 1.38. The molecular weight excluding hydrogens is 478 g/mol. The molecule has 0 aliphatic carbocycles. The van der Waals surface area contributed by atoms with E-state index in [9.17, 15) is 14.4 Å². The average Bonchev–Trinajstić information content (AvgIpc) is 2.91. The number of ether oxygens (including phenoxy) is 1. The maximum absolute atomic E-state index is 12.5. The first-order valence-corrected chi connectivity index (χ1v) is 11.2. The number of benzene rings is 4. The zero-order chi connectivity index (χ0) is 25.3. The van der Waals surface area contributed by atoms with Gasteiger partial charge in [0.1, 0.15) is 5.75 Å². The Morgan fingerprint density at radius 2 is 1.33 bits per heavy atom. The van der Waals surface area contributed by atoms with Gasteiger partial charge in [-0.1, -0.05) is 48.0 Å². The Kier molecular flexibility index (Phi) is 7.85. The molecule has 0 heterocycles. The fraction of sp³-hybridized carbons (Fsp3) is 0. The molecule has 0 unspecified atom stereocenters. The quantitative estimate of drug-likeness (QED) is 0.151. The van der Waals surface area contributed by atoms with Gasteiger partial charge in [-0.25, -0.2) is 10.2 Å². The summed E-state index contributed by atoms with van der Waals surface area (Å²) in [6, 6.07) is 28.5. The first-order valence-electron chi connectivity index (χ1n) is 10.9. The van der Waals surface area contributed by atoms with Crippen LogP contribution in [-0.4, -0.2) is 24.0 Å². The van der Waals surface area contributed by atoms with Crippen LogP contribution in [0.5, 0.6) is 5.75 Å². The van der Waals surface area contributed by atoms with E-state index in [2.05, 4.69) is 15.8 Å². The van der Waals surface area contributed by atoms with E-state index in [0.29, 0.717) is 33.0 Å². The van der Waals surface area contributed by atoms with E-state index in [1.54, 1.807) is 97.1 Å². The van der Waals surface area contributed by atoms with Gasteiger partial charge in [0.15, 0.2) is 0 Å². The normalized spacial score (nSPS) is 10.6. The summed E-state index contributed by atoms with van der Waals surface area (Å²) in [5.74, 6) is -0.999. The predicted octanol–water partition coefficient (Wildman–Crippen LogP) is 5.58. The van der Waals surface area contributed by atoms with Gasteiger partial charge in [-0.3, -0.25) is 9.59 Å². The summed E-state index contributed by atoms with van der Waals surface area (Å²) in [7, 11) is 0. The van der Waals surface area contributed by atoms with Crippen LogP contribution < -0.4 is 15.5 Å². The van der Waals surface area contributed by atoms with Gasteiger partial charge in [-0.15, -0.1) is 0 Å². The fourth-order valence-electron chi connectivity index (χ4n) is 3.17. The first kappa shape index (κ1) is 24.4. The fourth-order valence-corrected chi connectivity index (χ4v) is 3.35. The van der Waals surface area contributed by atoms with Crippen molar-refractivity contribution in [1.29, 1.82) is 0 Å². The number of halogens is 1. The van der Waals surface area contributed by atoms with Crippen LogP contribution in [0.25, 0.3) is 0 Å². The highest BCUT2D eigenvalue weighted by molar-refractivity contribution is 6.31. The summed E-state index contributed by atoms with van der Waals surface area (Å²) in [4.78, 5) is 37.1. The molecule has 2 amide bonds. The lowest BCUT2D eigenvalue weighted by molar-refractivity contribution is 0.0734. The topological polar surface area (TPSA) is 96.9 Å². The lowest BCUT2D eigenvalue weighted by Crippen LogP contribution is -2.18. The van der Waals surface area contributed by atoms with Crippen LogP contribution >= 0.6 is 11.6 Å². The first-order chi connectivity index (χ1) is 17.5. The number of carbonyl (C=O) groups excluding carboxylic acids is 3. The standard InChI is InChI=1S/C28H20ClN3O4/c29-23-13-16-25(36-28(35)21-9-5-2-6-10-21)22(17-23)18-30-32-27(34)20-11-14-24(15-12-20)31-26(33)19-7-3-1-4-8-19/h1-18H,(H,31,33)(H,32,34)/b30-18+. The van der Waals surface area contributed by atoms with Crippen LogP contribution in [0.3, 0.4) is 0 Å². The molecule has 4 aromatic carbocycles. The van der Waals surface area contributed by atoms with E-state index < -0.39 is 11.9 Å². The van der Waals surface area contributed by atoms with Crippen LogP contribution in [0, 0.1) is 0 Å². The average molecular weight is 498 g/mol. The summed E-state index contributed by atoms with van der Waals surface area (Å²) in [5, 5.41) is 7.15. The van der Waals surface area contributed by atoms with Crippen molar-refractivity contribution < 1.29 is 19.1 Å². The second-order valence-corrected chi connectivity index (χ2v) is 7.97. The third-order valence-electron chi connectivity index (χ3n) is 4.99. The smallest absolute Gasteiger partial charge is 0.343 e. The molecule has 0 saturated carbocycles. The summed E-state index contributed by atoms with van der Waals surface area (Å²) in [6.07, 6.45) is 1.34. The highest BCUT2D eigenvalue weighted by atomic mass is 35.5. The Morgan fingerprint density at radius 3 is 2.00 bits per heavy atom. The van der Waals surface area contributed by atoms with E-state index in [1.807, 2.05) is 6.07 Å². The zero-order valence-corrected chi connectivity index (χ0v) is 19.6. The van der Waals surface area contributed by atoms with Crippen LogP contribution in [0.1, 0.15) is 36.6 Å². The van der Waals surface area contributed by atoms with Crippen molar-refractivity contribution in [1.82, 2.24) is 5.43 Å². The molecule has 0 spiro atoms. The van der Waals surface area contributed by atoms with E-state index in [4.69, 9.17) is 16.3 Å². The maximum Gasteiger partial charge on any atom is 0.343 e. The largest absolute Gasteiger partial charge is 0.422 e. The Bertz CT molecular complexity index is 1410. The van der Waals surface area contributed by atoms with Gasteiger partial charge in [0.05, 0.1) is 11.8 Å². The van der Waals surface area contributed by atoms with Gasteiger partial charge in [0.2, 0.25) is 0 Å². The molecule has 36 heavy (non-hydrogen) atoms. The van der Waals surface area contributed by atoms with Gasteiger partial charge in [0.25, 0.3) is 11.8 Å². The van der Waals surface area contributed by atoms with Crippen molar-refractivity contribution in [3.05, 3.63) is 130 Å². The van der Waals surface area contributed by atoms with E-state index >= 15 is 0 Å². The minimum atomic E-state index is -0.531. The number of esters is 1. The number of amides is 2. The van der Waals surface area contributed by atoms with Crippen molar-refractivity contribution in [3.8, 4) is 5.75 Å². The van der Waals surface area contributed by atoms with Gasteiger partial charge in [-0.2, -0.15) is 5.10 Å². The molecule has 0 atom stereocenters. The predicted molar refractivity (Wildman–Crippen MR) is 139 cm³/mol. The third kappa shape index (κ3) is 6.43. The molecule has 0 saturated heterocycles. The molecule has 0 aliphatic heterocycles. The number of hydrogen-bond donors (Lipinski definition) is 2. The number of carbonyl (C=O) groups is 3. The lowest BCUT2D eigenvalue weighted by Gasteiger charge is -2.08. The van der Waals surface area contributed by atoms with Crippen molar-refractivity contribution in [2.45, 2.75) is 0 Å². The number of anilines is 1. The minimum Gasteiger partial charge on any atom is -0.422 e. The molecule has 0 aliphatic rings. The number of rotatable bonds is 7. The molecule has 178 valence electrons. The second-order valence-electron chi connectivity index (χ2n) is 7.53. The molecule has 0 fully saturated rings. The summed E-state index contributed by atoms with van der Waals surface area (Å²) >= 11 is 6.08. The molecule has 0 bridgehead atoms. The summed E-state index contributed by atoms with van der Waals surface area (Å²) in [6.45, 7) is 0. The number of hydrogen-bond acceptors (Lipinski definition) is 5. The third-order valence-corrected chi connectivity index (χ3v) is 5.23. The second kappa shape index (κ2) is 11.6. The molecule has 7 nitrogen and oxygen atoms in total. The van der Waals surface area contributed by atoms with E-state index in [0.717, 1.165) is 0 Å². The molecule has 2 N–H and O–H groups in total. The summed E-state index contributed by atoms with van der Waals surface area (Å²) < 4.78 is 5.47. The van der Waals surface area contributed by atoms with Crippen LogP contribution in [0.15, 0.2) is 108 Å². The Hall–Kier alpha value is -4.75. The van der Waals surface area contributed by atoms with Crippen molar-refractivity contribution >= 4 is 41.3 Å². The zero-order valence-electron chi connectivity index (χ0n) is 18.9. The molecule has 8 heteroatoms. The van der Waals surface area contributed by atoms with Gasteiger partial charge in [-0.05, 0) is 66.7 Å². The molecule has 0 radical (unpaired) electrons. The monoisotopic (exact) mass is 497 g/mol. The molecular formula is C28H20ClN3O4. The van der Waals surface area contributed by atoms with Crippen LogP contribution in [-0.2, 0) is 0 Å². The highest BCUT2D eigenvalue weighted by Gasteiger charge is 2.12. The summed E-state index contributed by atoms with van der Waals surface area (Å²) in [5.41, 5.74) is 4.65. The van der Waals surface area contributed by atoms with Crippen LogP contribution in [0.2, 0.25) is 5.02 Å². The van der Waals surface area contributed by atoms with Crippen molar-refractivity contribution in [3.63, 3.8) is 0 Å². The number of hydrazone groups is 1. The Labute approximate surface area is 212 Å². The van der Waals surface area contributed by atoms with Gasteiger partial charge < -0.3 is 10.1 Å². The number of nitrogens with one attached hydrogen (secondary N) is 2. The lowest BCUT2D eigenvalue weighted by atomic mass is 10.1. The van der Waals surface area contributed by atoms with Crippen LogP contribution in [0.4, 0.5) is 5.69 Å². The minimum absolute atomic E-state index is 0.241. The number of nitrogens with zero attached hydrogens (tertiary/aromatic N) is 1. The van der Waals surface area contributed by atoms with Crippen molar-refractivity contribution in [2.75, 3.05) is 5.32 Å². The van der Waals surface area contributed by atoms with Crippen molar-refractivity contribution in [2.24, 2.45) is 5.10 Å². The molecule has 0 aromatic heterocycles. The molecule has 4 rings (SSSR count). The molecule has 4 aromatic rings. The SMILES string of the molecule is O=C(N/N=C/c1cc(Cl)ccc1OC(=O)c1ccccc1)c1ccc(NC(=O)c2ccccc2)cc1. The highest BCUT2D eigenvalue weighted by Crippen LogP contribution is 2.22. The van der Waals surface area contributed by atoms with E-state index in [-0.39, 0.29) is 11.7 Å². The van der Waals surface area contributed by atoms with Gasteiger partial charge >= 0.3 is 5.97 Å². The maximum atomic E-state index is 12.5.